The highest BCUT2D eigenvalue weighted by Gasteiger charge is 2.25. The number of thioether (sulfide) groups is 1. The molecule has 0 amide bonds. The van der Waals surface area contributed by atoms with Crippen molar-refractivity contribution in [2.75, 3.05) is 5.73 Å². The van der Waals surface area contributed by atoms with Gasteiger partial charge >= 0.3 is 5.97 Å². The largest absolute Gasteiger partial charge is 0.480 e. The molecular weight excluding hydrogens is 202 g/mol. The molecule has 0 saturated carbocycles. The minimum absolute atomic E-state index is 0.248. The van der Waals surface area contributed by atoms with Gasteiger partial charge in [-0.3, -0.25) is 4.79 Å². The summed E-state index contributed by atoms with van der Waals surface area (Å²) < 4.78 is 0. The van der Waals surface area contributed by atoms with Crippen molar-refractivity contribution < 1.29 is 9.90 Å². The zero-order valence-electron chi connectivity index (χ0n) is 7.30. The molecule has 2 heterocycles. The molecule has 74 valence electrons. The zero-order chi connectivity index (χ0) is 10.1. The number of aromatic nitrogens is 2. The molecule has 0 radical (unpaired) electrons. The molecule has 0 saturated heterocycles. The van der Waals surface area contributed by atoms with Crippen molar-refractivity contribution in [3.05, 3.63) is 17.5 Å². The number of hydrogen-bond donors (Lipinski definition) is 2. The van der Waals surface area contributed by atoms with E-state index in [9.17, 15) is 4.79 Å². The van der Waals surface area contributed by atoms with Gasteiger partial charge in [-0.1, -0.05) is 0 Å². The smallest absolute Gasteiger partial charge is 0.316 e. The topological polar surface area (TPSA) is 89.1 Å². The van der Waals surface area contributed by atoms with Gasteiger partial charge in [0, 0.05) is 11.9 Å². The Morgan fingerprint density at radius 1 is 1.71 bits per heavy atom. The second-order valence-corrected chi connectivity index (χ2v) is 4.23. The Bertz CT molecular complexity index is 383. The molecule has 0 spiro atoms. The van der Waals surface area contributed by atoms with Crippen molar-refractivity contribution in [2.24, 2.45) is 0 Å². The summed E-state index contributed by atoms with van der Waals surface area (Å²) in [6.45, 7) is 0. The first-order valence-corrected chi connectivity index (χ1v) is 5.16. The predicted octanol–water partition coefficient (Wildman–Crippen LogP) is 0.301. The minimum Gasteiger partial charge on any atom is -0.480 e. The molecule has 0 fully saturated rings. The van der Waals surface area contributed by atoms with Crippen molar-refractivity contribution in [1.82, 2.24) is 9.97 Å². The molecule has 5 nitrogen and oxygen atoms in total. The van der Waals surface area contributed by atoms with Crippen LogP contribution in [0.1, 0.15) is 11.3 Å². The summed E-state index contributed by atoms with van der Waals surface area (Å²) in [5.41, 5.74) is 7.18. The van der Waals surface area contributed by atoms with Crippen LogP contribution >= 0.6 is 11.8 Å². The molecule has 1 aliphatic heterocycles. The van der Waals surface area contributed by atoms with Gasteiger partial charge in [0.05, 0.1) is 5.69 Å². The third kappa shape index (κ3) is 1.65. The van der Waals surface area contributed by atoms with Crippen LogP contribution in [-0.2, 0) is 17.0 Å². The van der Waals surface area contributed by atoms with Crippen LogP contribution in [0, 0.1) is 0 Å². The number of carboxylic acid groups (broad SMARTS) is 1. The minimum atomic E-state index is -0.780. The van der Waals surface area contributed by atoms with E-state index < -0.39 is 5.97 Å². The SMILES string of the molecule is Nc1ncc2c(n1)CSC(C(=O)O)C2. The first-order chi connectivity index (χ1) is 6.66. The lowest BCUT2D eigenvalue weighted by molar-refractivity contribution is -0.136. The van der Waals surface area contributed by atoms with Crippen LogP contribution in [0.3, 0.4) is 0 Å². The molecule has 14 heavy (non-hydrogen) atoms. The molecule has 1 aromatic rings. The van der Waals surface area contributed by atoms with Gasteiger partial charge in [-0.05, 0) is 12.0 Å². The number of carboxylic acids is 1. The fourth-order valence-corrected chi connectivity index (χ4v) is 2.40. The Morgan fingerprint density at radius 3 is 3.21 bits per heavy atom. The summed E-state index contributed by atoms with van der Waals surface area (Å²) in [6.07, 6.45) is 2.10. The van der Waals surface area contributed by atoms with Crippen LogP contribution in [-0.4, -0.2) is 26.3 Å². The normalized spacial score (nSPS) is 20.1. The summed E-state index contributed by atoms with van der Waals surface area (Å²) in [7, 11) is 0. The van der Waals surface area contributed by atoms with Crippen molar-refractivity contribution >= 4 is 23.7 Å². The fraction of sp³-hybridized carbons (Fsp3) is 0.375. The van der Waals surface area contributed by atoms with E-state index in [2.05, 4.69) is 9.97 Å². The van der Waals surface area contributed by atoms with Crippen molar-refractivity contribution in [3.63, 3.8) is 0 Å². The number of fused-ring (bicyclic) bond motifs is 1. The summed E-state index contributed by atoms with van der Waals surface area (Å²) in [5, 5.41) is 8.45. The van der Waals surface area contributed by atoms with Gasteiger partial charge in [0.1, 0.15) is 5.25 Å². The molecule has 1 atom stereocenters. The van der Waals surface area contributed by atoms with Gasteiger partial charge in [0.2, 0.25) is 5.95 Å². The maximum Gasteiger partial charge on any atom is 0.316 e. The average Bonchev–Trinajstić information content (AvgIpc) is 2.16. The second-order valence-electron chi connectivity index (χ2n) is 3.04. The predicted molar refractivity (Wildman–Crippen MR) is 52.9 cm³/mol. The van der Waals surface area contributed by atoms with E-state index in [4.69, 9.17) is 10.8 Å². The van der Waals surface area contributed by atoms with Gasteiger partial charge in [-0.2, -0.15) is 0 Å². The standard InChI is InChI=1S/C8H9N3O2S/c9-8-10-2-4-1-6(7(12)13)14-3-5(4)11-8/h2,6H,1,3H2,(H,12,13)(H2,9,10,11). The third-order valence-electron chi connectivity index (χ3n) is 2.07. The van der Waals surface area contributed by atoms with E-state index in [-0.39, 0.29) is 11.2 Å². The van der Waals surface area contributed by atoms with E-state index >= 15 is 0 Å². The molecule has 1 aromatic heterocycles. The number of nitrogens with zero attached hydrogens (tertiary/aromatic N) is 2. The van der Waals surface area contributed by atoms with Crippen molar-refractivity contribution in [3.8, 4) is 0 Å². The second kappa shape index (κ2) is 3.45. The zero-order valence-corrected chi connectivity index (χ0v) is 8.12. The van der Waals surface area contributed by atoms with E-state index in [1.807, 2.05) is 0 Å². The van der Waals surface area contributed by atoms with E-state index in [1.165, 1.54) is 11.8 Å². The molecule has 0 aliphatic carbocycles. The number of nitrogens with two attached hydrogens (primary N) is 1. The van der Waals surface area contributed by atoms with Gasteiger partial charge < -0.3 is 10.8 Å². The fourth-order valence-electron chi connectivity index (χ4n) is 1.35. The Kier molecular flexibility index (Phi) is 2.28. The van der Waals surface area contributed by atoms with Gasteiger partial charge in [0.15, 0.2) is 0 Å². The highest BCUT2D eigenvalue weighted by molar-refractivity contribution is 7.99. The van der Waals surface area contributed by atoms with E-state index in [1.54, 1.807) is 6.20 Å². The number of aliphatic carboxylic acids is 1. The Labute approximate surface area is 84.7 Å². The first-order valence-electron chi connectivity index (χ1n) is 4.11. The number of carbonyl (C=O) groups is 1. The van der Waals surface area contributed by atoms with Crippen LogP contribution in [0.2, 0.25) is 0 Å². The van der Waals surface area contributed by atoms with Gasteiger partial charge in [-0.25, -0.2) is 9.97 Å². The van der Waals surface area contributed by atoms with E-state index in [0.717, 1.165) is 11.3 Å². The summed E-state index contributed by atoms with van der Waals surface area (Å²) >= 11 is 1.38. The molecule has 1 aliphatic rings. The quantitative estimate of drug-likeness (QED) is 0.694. The molecular formula is C8H9N3O2S. The van der Waals surface area contributed by atoms with Gasteiger partial charge in [-0.15, -0.1) is 11.8 Å². The van der Waals surface area contributed by atoms with Crippen LogP contribution in [0.4, 0.5) is 5.95 Å². The Balaban J connectivity index is 2.27. The maximum atomic E-state index is 10.7. The molecule has 1 unspecified atom stereocenters. The van der Waals surface area contributed by atoms with Gasteiger partial charge in [0.25, 0.3) is 0 Å². The van der Waals surface area contributed by atoms with Crippen molar-refractivity contribution in [1.29, 1.82) is 0 Å². The number of anilines is 1. The molecule has 2 rings (SSSR count). The third-order valence-corrected chi connectivity index (χ3v) is 3.29. The van der Waals surface area contributed by atoms with Crippen LogP contribution < -0.4 is 5.73 Å². The Hall–Kier alpha value is -1.30. The lowest BCUT2D eigenvalue weighted by Crippen LogP contribution is -2.24. The average molecular weight is 211 g/mol. The summed E-state index contributed by atoms with van der Waals surface area (Å²) in [4.78, 5) is 18.7. The molecule has 3 N–H and O–H groups in total. The lowest BCUT2D eigenvalue weighted by Gasteiger charge is -2.19. The van der Waals surface area contributed by atoms with E-state index in [0.29, 0.717) is 12.2 Å². The van der Waals surface area contributed by atoms with Crippen molar-refractivity contribution in [2.45, 2.75) is 17.4 Å². The van der Waals surface area contributed by atoms with Crippen LogP contribution in [0.5, 0.6) is 0 Å². The Morgan fingerprint density at radius 2 is 2.50 bits per heavy atom. The first kappa shape index (κ1) is 9.26. The van der Waals surface area contributed by atoms with Crippen LogP contribution in [0.15, 0.2) is 6.20 Å². The number of nitrogen functional groups attached to an aromatic ring is 1. The monoisotopic (exact) mass is 211 g/mol. The molecule has 0 bridgehead atoms. The highest BCUT2D eigenvalue weighted by atomic mass is 32.2. The summed E-state index contributed by atoms with van der Waals surface area (Å²) in [6, 6.07) is 0. The maximum absolute atomic E-state index is 10.7. The molecule has 0 aromatic carbocycles. The molecule has 6 heteroatoms. The number of rotatable bonds is 1. The number of hydrogen-bond acceptors (Lipinski definition) is 5. The van der Waals surface area contributed by atoms with Crippen LogP contribution in [0.25, 0.3) is 0 Å². The summed E-state index contributed by atoms with van der Waals surface area (Å²) in [5.74, 6) is 0.0644. The lowest BCUT2D eigenvalue weighted by atomic mass is 10.1. The highest BCUT2D eigenvalue weighted by Crippen LogP contribution is 2.28.